The summed E-state index contributed by atoms with van der Waals surface area (Å²) in [5.74, 6) is 1.57. The molecule has 0 saturated heterocycles. The SMILES string of the molecule is COCc1nc(N)cc(Oc2cccc(C#N)c2)n1. The minimum absolute atomic E-state index is 0.250. The molecule has 1 heterocycles. The average Bonchev–Trinajstić information content (AvgIpc) is 2.38. The van der Waals surface area contributed by atoms with Crippen LogP contribution in [0.2, 0.25) is 0 Å². The summed E-state index contributed by atoms with van der Waals surface area (Å²) in [4.78, 5) is 8.16. The second-order valence-corrected chi connectivity index (χ2v) is 3.72. The first-order chi connectivity index (χ1) is 9.21. The maximum Gasteiger partial charge on any atom is 0.224 e. The van der Waals surface area contributed by atoms with E-state index in [4.69, 9.17) is 20.5 Å². The summed E-state index contributed by atoms with van der Waals surface area (Å²) in [6.45, 7) is 0.250. The maximum atomic E-state index is 8.82. The highest BCUT2D eigenvalue weighted by Gasteiger charge is 2.05. The van der Waals surface area contributed by atoms with Crippen LogP contribution in [-0.2, 0) is 11.3 Å². The molecule has 6 nitrogen and oxygen atoms in total. The van der Waals surface area contributed by atoms with E-state index in [1.54, 1.807) is 31.4 Å². The fourth-order valence-corrected chi connectivity index (χ4v) is 1.49. The van der Waals surface area contributed by atoms with Gasteiger partial charge in [-0.2, -0.15) is 10.2 Å². The molecule has 0 unspecified atom stereocenters. The number of hydrogen-bond donors (Lipinski definition) is 1. The average molecular weight is 256 g/mol. The summed E-state index contributed by atoms with van der Waals surface area (Å²) < 4.78 is 10.5. The van der Waals surface area contributed by atoms with Gasteiger partial charge in [-0.3, -0.25) is 0 Å². The molecule has 0 saturated carbocycles. The molecule has 19 heavy (non-hydrogen) atoms. The van der Waals surface area contributed by atoms with Gasteiger partial charge in [0.05, 0.1) is 11.6 Å². The monoisotopic (exact) mass is 256 g/mol. The topological polar surface area (TPSA) is 94.0 Å². The molecule has 0 atom stereocenters. The Morgan fingerprint density at radius 2 is 2.16 bits per heavy atom. The molecule has 0 radical (unpaired) electrons. The highest BCUT2D eigenvalue weighted by atomic mass is 16.5. The van der Waals surface area contributed by atoms with Gasteiger partial charge in [0.25, 0.3) is 0 Å². The van der Waals surface area contributed by atoms with Gasteiger partial charge in [-0.1, -0.05) is 6.07 Å². The van der Waals surface area contributed by atoms with Crippen molar-refractivity contribution in [2.45, 2.75) is 6.61 Å². The van der Waals surface area contributed by atoms with E-state index < -0.39 is 0 Å². The van der Waals surface area contributed by atoms with E-state index in [2.05, 4.69) is 9.97 Å². The molecule has 1 aromatic heterocycles. The number of ether oxygens (including phenoxy) is 2. The van der Waals surface area contributed by atoms with Crippen LogP contribution in [-0.4, -0.2) is 17.1 Å². The Kier molecular flexibility index (Phi) is 3.90. The quantitative estimate of drug-likeness (QED) is 0.897. The van der Waals surface area contributed by atoms with Crippen molar-refractivity contribution in [3.63, 3.8) is 0 Å². The third-order valence-corrected chi connectivity index (χ3v) is 2.23. The van der Waals surface area contributed by atoms with Crippen LogP contribution >= 0.6 is 0 Å². The standard InChI is InChI=1S/C13H12N4O2/c1-18-8-12-16-11(15)6-13(17-12)19-10-4-2-3-9(5-10)7-14/h2-6H,8H2,1H3,(H2,15,16,17). The largest absolute Gasteiger partial charge is 0.439 e. The lowest BCUT2D eigenvalue weighted by Gasteiger charge is -2.07. The van der Waals surface area contributed by atoms with Gasteiger partial charge in [0, 0.05) is 13.2 Å². The zero-order chi connectivity index (χ0) is 13.7. The first-order valence-electron chi connectivity index (χ1n) is 5.51. The predicted molar refractivity (Wildman–Crippen MR) is 68.4 cm³/mol. The van der Waals surface area contributed by atoms with E-state index in [0.29, 0.717) is 28.8 Å². The van der Waals surface area contributed by atoms with Gasteiger partial charge >= 0.3 is 0 Å². The highest BCUT2D eigenvalue weighted by Crippen LogP contribution is 2.21. The van der Waals surface area contributed by atoms with Gasteiger partial charge in [0.1, 0.15) is 18.2 Å². The summed E-state index contributed by atoms with van der Waals surface area (Å²) in [7, 11) is 1.55. The highest BCUT2D eigenvalue weighted by molar-refractivity contribution is 5.39. The van der Waals surface area contributed by atoms with Crippen molar-refractivity contribution in [3.8, 4) is 17.7 Å². The van der Waals surface area contributed by atoms with E-state index in [0.717, 1.165) is 0 Å². The number of nitrogens with two attached hydrogens (primary N) is 1. The molecule has 1 aromatic carbocycles. The number of hydrogen-bond acceptors (Lipinski definition) is 6. The van der Waals surface area contributed by atoms with Crippen molar-refractivity contribution >= 4 is 5.82 Å². The Morgan fingerprint density at radius 1 is 1.32 bits per heavy atom. The van der Waals surface area contributed by atoms with Crippen molar-refractivity contribution in [3.05, 3.63) is 41.7 Å². The zero-order valence-electron chi connectivity index (χ0n) is 10.3. The van der Waals surface area contributed by atoms with E-state index in [-0.39, 0.29) is 6.61 Å². The second kappa shape index (κ2) is 5.80. The van der Waals surface area contributed by atoms with Crippen LogP contribution in [0.1, 0.15) is 11.4 Å². The van der Waals surface area contributed by atoms with Gasteiger partial charge in [-0.15, -0.1) is 0 Å². The first kappa shape index (κ1) is 12.8. The summed E-state index contributed by atoms with van der Waals surface area (Å²) in [5, 5.41) is 8.82. The lowest BCUT2D eigenvalue weighted by atomic mass is 10.2. The summed E-state index contributed by atoms with van der Waals surface area (Å²) in [6, 6.07) is 10.3. The summed E-state index contributed by atoms with van der Waals surface area (Å²) in [6.07, 6.45) is 0. The van der Waals surface area contributed by atoms with E-state index >= 15 is 0 Å². The van der Waals surface area contributed by atoms with Gasteiger partial charge in [-0.05, 0) is 18.2 Å². The molecule has 0 spiro atoms. The van der Waals surface area contributed by atoms with Crippen LogP contribution in [0.4, 0.5) is 5.82 Å². The number of nitriles is 1. The molecule has 96 valence electrons. The van der Waals surface area contributed by atoms with Crippen LogP contribution in [0, 0.1) is 11.3 Å². The van der Waals surface area contributed by atoms with Crippen molar-refractivity contribution < 1.29 is 9.47 Å². The van der Waals surface area contributed by atoms with Gasteiger partial charge in [-0.25, -0.2) is 4.98 Å². The maximum absolute atomic E-state index is 8.82. The molecule has 6 heteroatoms. The fourth-order valence-electron chi connectivity index (χ4n) is 1.49. The first-order valence-corrected chi connectivity index (χ1v) is 5.51. The van der Waals surface area contributed by atoms with Crippen molar-refractivity contribution in [1.82, 2.24) is 9.97 Å². The van der Waals surface area contributed by atoms with Crippen LogP contribution in [0.5, 0.6) is 11.6 Å². The van der Waals surface area contributed by atoms with E-state index in [1.807, 2.05) is 6.07 Å². The Hall–Kier alpha value is -2.65. The minimum Gasteiger partial charge on any atom is -0.439 e. The number of methoxy groups -OCH3 is 1. The molecule has 0 fully saturated rings. The lowest BCUT2D eigenvalue weighted by molar-refractivity contribution is 0.177. The molecule has 2 N–H and O–H groups in total. The Labute approximate surface area is 110 Å². The fraction of sp³-hybridized carbons (Fsp3) is 0.154. The normalized spacial score (nSPS) is 9.89. The number of aromatic nitrogens is 2. The lowest BCUT2D eigenvalue weighted by Crippen LogP contribution is -2.02. The third kappa shape index (κ3) is 3.40. The number of anilines is 1. The Morgan fingerprint density at radius 3 is 2.89 bits per heavy atom. The molecule has 0 aliphatic carbocycles. The minimum atomic E-state index is 0.250. The smallest absolute Gasteiger partial charge is 0.224 e. The molecule has 2 rings (SSSR count). The molecule has 0 aliphatic rings. The molecule has 0 amide bonds. The Balaban J connectivity index is 2.25. The van der Waals surface area contributed by atoms with Crippen LogP contribution in [0.25, 0.3) is 0 Å². The Bertz CT molecular complexity index is 622. The molecule has 0 bridgehead atoms. The number of rotatable bonds is 4. The van der Waals surface area contributed by atoms with E-state index in [9.17, 15) is 0 Å². The van der Waals surface area contributed by atoms with Gasteiger partial charge < -0.3 is 15.2 Å². The zero-order valence-corrected chi connectivity index (χ0v) is 10.3. The van der Waals surface area contributed by atoms with Crippen molar-refractivity contribution in [2.75, 3.05) is 12.8 Å². The van der Waals surface area contributed by atoms with Crippen LogP contribution in [0.15, 0.2) is 30.3 Å². The predicted octanol–water partition coefficient (Wildman–Crippen LogP) is 1.87. The van der Waals surface area contributed by atoms with Crippen molar-refractivity contribution in [1.29, 1.82) is 5.26 Å². The molecular formula is C13H12N4O2. The van der Waals surface area contributed by atoms with E-state index in [1.165, 1.54) is 6.07 Å². The molecule has 0 aliphatic heterocycles. The molecular weight excluding hydrogens is 244 g/mol. The summed E-state index contributed by atoms with van der Waals surface area (Å²) >= 11 is 0. The van der Waals surface area contributed by atoms with Crippen LogP contribution in [0.3, 0.4) is 0 Å². The van der Waals surface area contributed by atoms with Gasteiger partial charge in [0.15, 0.2) is 5.82 Å². The number of nitrogen functional groups attached to an aromatic ring is 1. The number of nitrogens with zero attached hydrogens (tertiary/aromatic N) is 3. The van der Waals surface area contributed by atoms with Crippen LogP contribution < -0.4 is 10.5 Å². The van der Waals surface area contributed by atoms with Crippen molar-refractivity contribution in [2.24, 2.45) is 0 Å². The second-order valence-electron chi connectivity index (χ2n) is 3.72. The number of benzene rings is 1. The van der Waals surface area contributed by atoms with Gasteiger partial charge in [0.2, 0.25) is 5.88 Å². The molecule has 2 aromatic rings. The summed E-state index contributed by atoms with van der Waals surface area (Å²) in [5.41, 5.74) is 6.17. The third-order valence-electron chi connectivity index (χ3n) is 2.23.